The smallest absolute Gasteiger partial charge is 0.325 e. The van der Waals surface area contributed by atoms with Crippen molar-refractivity contribution in [3.8, 4) is 0 Å². The Hall–Kier alpha value is -2.23. The maximum absolute atomic E-state index is 11.7. The van der Waals surface area contributed by atoms with Gasteiger partial charge in [0.25, 0.3) is 10.1 Å². The van der Waals surface area contributed by atoms with Gasteiger partial charge in [-0.05, 0) is 40.6 Å². The number of rotatable bonds is 5. The van der Waals surface area contributed by atoms with E-state index < -0.39 is 22.1 Å². The largest absolute Gasteiger partial charge is 0.480 e. The van der Waals surface area contributed by atoms with E-state index in [0.717, 1.165) is 13.0 Å². The summed E-state index contributed by atoms with van der Waals surface area (Å²) in [5, 5.41) is 12.2. The average Bonchev–Trinajstić information content (AvgIpc) is 3.17. The Balaban J connectivity index is 0.000000210. The van der Waals surface area contributed by atoms with E-state index in [1.165, 1.54) is 10.4 Å². The molecule has 1 atom stereocenters. The number of fused-ring (bicyclic) bond motifs is 1. The number of carboxylic acid groups (broad SMARTS) is 1. The van der Waals surface area contributed by atoms with E-state index in [1.807, 2.05) is 17.0 Å². The van der Waals surface area contributed by atoms with E-state index in [0.29, 0.717) is 22.7 Å². The van der Waals surface area contributed by atoms with Gasteiger partial charge in [-0.3, -0.25) is 14.2 Å². The normalized spacial score (nSPS) is 14.8. The quantitative estimate of drug-likeness (QED) is 0.517. The van der Waals surface area contributed by atoms with Crippen LogP contribution in [0.1, 0.15) is 27.6 Å². The first-order chi connectivity index (χ1) is 14.7. The van der Waals surface area contributed by atoms with Crippen LogP contribution < -0.4 is 0 Å². The second kappa shape index (κ2) is 10.4. The minimum atomic E-state index is -3.88. The number of carboxylic acids is 1. The fourth-order valence-corrected chi connectivity index (χ4v) is 5.20. The van der Waals surface area contributed by atoms with Crippen molar-refractivity contribution >= 4 is 39.0 Å². The first kappa shape index (κ1) is 23.4. The van der Waals surface area contributed by atoms with Gasteiger partial charge in [0.15, 0.2) is 0 Å². The van der Waals surface area contributed by atoms with Crippen molar-refractivity contribution in [1.82, 2.24) is 4.90 Å². The Kier molecular flexibility index (Phi) is 7.85. The second-order valence-electron chi connectivity index (χ2n) is 7.06. The third kappa shape index (κ3) is 6.62. The number of hydrogen-bond acceptors (Lipinski definition) is 5. The summed E-state index contributed by atoms with van der Waals surface area (Å²) < 4.78 is 29.2. The molecule has 31 heavy (non-hydrogen) atoms. The predicted molar refractivity (Wildman–Crippen MR) is 122 cm³/mol. The van der Waals surface area contributed by atoms with Crippen molar-refractivity contribution in [2.75, 3.05) is 6.54 Å². The van der Waals surface area contributed by atoms with E-state index in [2.05, 4.69) is 11.4 Å². The molecular formula is C22H22ClNO5S2. The van der Waals surface area contributed by atoms with Crippen LogP contribution in [0.15, 0.2) is 66.0 Å². The van der Waals surface area contributed by atoms with Crippen LogP contribution in [0.3, 0.4) is 0 Å². The molecule has 0 fully saturated rings. The lowest BCUT2D eigenvalue weighted by atomic mass is 10.0. The Morgan fingerprint density at radius 3 is 2.42 bits per heavy atom. The van der Waals surface area contributed by atoms with Crippen LogP contribution in [0.25, 0.3) is 0 Å². The highest BCUT2D eigenvalue weighted by Crippen LogP contribution is 2.33. The van der Waals surface area contributed by atoms with Gasteiger partial charge in [0, 0.05) is 23.0 Å². The van der Waals surface area contributed by atoms with Gasteiger partial charge in [-0.25, -0.2) is 0 Å². The van der Waals surface area contributed by atoms with Crippen molar-refractivity contribution in [1.29, 1.82) is 0 Å². The van der Waals surface area contributed by atoms with Crippen LogP contribution in [0.4, 0.5) is 0 Å². The molecular weight excluding hydrogens is 458 g/mol. The number of nitrogens with zero attached hydrogens (tertiary/aromatic N) is 1. The summed E-state index contributed by atoms with van der Waals surface area (Å²) in [4.78, 5) is 15.1. The van der Waals surface area contributed by atoms with Gasteiger partial charge >= 0.3 is 5.97 Å². The standard InChI is InChI=1S/C15H14ClNO2S.C7H8O3S/c16-12-4-2-1-3-11(12)14(15(18)19)17-7-5-13-10(9-17)6-8-20-13;8-11(9,10)6-7-4-2-1-3-5-7/h1-4,6,8,14H,5,7,9H2,(H,18,19);1-5H,6H2,(H,8,9,10)/t14-;/m0./s1. The fraction of sp³-hybridized carbons (Fsp3) is 0.227. The van der Waals surface area contributed by atoms with Gasteiger partial charge in [0.1, 0.15) is 11.8 Å². The molecule has 0 saturated heterocycles. The molecule has 0 aliphatic carbocycles. The van der Waals surface area contributed by atoms with E-state index in [1.54, 1.807) is 53.8 Å². The molecule has 1 aliphatic heterocycles. The number of benzene rings is 2. The molecule has 0 saturated carbocycles. The minimum Gasteiger partial charge on any atom is -0.480 e. The maximum Gasteiger partial charge on any atom is 0.325 e. The topological polar surface area (TPSA) is 94.9 Å². The second-order valence-corrected chi connectivity index (χ2v) is 9.92. The molecule has 6 nitrogen and oxygen atoms in total. The van der Waals surface area contributed by atoms with Crippen molar-refractivity contribution in [3.05, 3.63) is 92.6 Å². The van der Waals surface area contributed by atoms with Gasteiger partial charge in [-0.15, -0.1) is 11.3 Å². The summed E-state index contributed by atoms with van der Waals surface area (Å²) in [6.45, 7) is 1.41. The average molecular weight is 480 g/mol. The van der Waals surface area contributed by atoms with Gasteiger partial charge in [0.2, 0.25) is 0 Å². The van der Waals surface area contributed by atoms with Gasteiger partial charge < -0.3 is 5.11 Å². The highest BCUT2D eigenvalue weighted by atomic mass is 35.5. The Morgan fingerprint density at radius 1 is 1.10 bits per heavy atom. The number of carbonyl (C=O) groups is 1. The summed E-state index contributed by atoms with van der Waals surface area (Å²) in [5.41, 5.74) is 2.50. The third-order valence-corrected chi connectivity index (χ3v) is 6.89. The molecule has 2 N–H and O–H groups in total. The molecule has 0 bridgehead atoms. The lowest BCUT2D eigenvalue weighted by Gasteiger charge is -2.32. The van der Waals surface area contributed by atoms with Crippen LogP contribution in [-0.2, 0) is 33.6 Å². The predicted octanol–water partition coefficient (Wildman–Crippen LogP) is 4.66. The first-order valence-corrected chi connectivity index (χ1v) is 12.4. The molecule has 1 aromatic heterocycles. The lowest BCUT2D eigenvalue weighted by molar-refractivity contribution is -0.144. The molecule has 0 unspecified atom stereocenters. The van der Waals surface area contributed by atoms with Crippen molar-refractivity contribution in [3.63, 3.8) is 0 Å². The Labute approximate surface area is 190 Å². The van der Waals surface area contributed by atoms with Gasteiger partial charge in [0.05, 0.1) is 0 Å². The maximum atomic E-state index is 11.7. The van der Waals surface area contributed by atoms with E-state index in [-0.39, 0.29) is 5.75 Å². The van der Waals surface area contributed by atoms with E-state index in [9.17, 15) is 18.3 Å². The molecule has 164 valence electrons. The Morgan fingerprint density at radius 2 is 1.77 bits per heavy atom. The molecule has 9 heteroatoms. The zero-order chi connectivity index (χ0) is 22.4. The van der Waals surface area contributed by atoms with Crippen molar-refractivity contribution < 1.29 is 22.9 Å². The third-order valence-electron chi connectivity index (χ3n) is 4.83. The zero-order valence-corrected chi connectivity index (χ0v) is 18.9. The summed E-state index contributed by atoms with van der Waals surface area (Å²) >= 11 is 7.92. The molecule has 4 rings (SSSR count). The number of aliphatic carboxylic acids is 1. The molecule has 2 aromatic carbocycles. The molecule has 0 amide bonds. The zero-order valence-electron chi connectivity index (χ0n) is 16.5. The highest BCUT2D eigenvalue weighted by molar-refractivity contribution is 7.85. The van der Waals surface area contributed by atoms with Gasteiger partial charge in [-0.2, -0.15) is 8.42 Å². The molecule has 0 radical (unpaired) electrons. The fourth-order valence-electron chi connectivity index (χ4n) is 3.46. The highest BCUT2D eigenvalue weighted by Gasteiger charge is 2.31. The number of thiophene rings is 1. The minimum absolute atomic E-state index is 0.312. The van der Waals surface area contributed by atoms with E-state index in [4.69, 9.17) is 16.2 Å². The van der Waals surface area contributed by atoms with Crippen LogP contribution in [0.5, 0.6) is 0 Å². The summed E-state index contributed by atoms with van der Waals surface area (Å²) in [6, 6.07) is 17.1. The summed E-state index contributed by atoms with van der Waals surface area (Å²) in [7, 11) is -3.88. The van der Waals surface area contributed by atoms with Crippen LogP contribution in [0.2, 0.25) is 5.02 Å². The first-order valence-electron chi connectivity index (χ1n) is 9.50. The molecule has 1 aliphatic rings. The molecule has 0 spiro atoms. The van der Waals surface area contributed by atoms with Crippen LogP contribution in [-0.4, -0.2) is 35.5 Å². The van der Waals surface area contributed by atoms with Crippen LogP contribution in [0, 0.1) is 0 Å². The van der Waals surface area contributed by atoms with Crippen molar-refractivity contribution in [2.24, 2.45) is 0 Å². The van der Waals surface area contributed by atoms with Crippen LogP contribution >= 0.6 is 22.9 Å². The van der Waals surface area contributed by atoms with Crippen molar-refractivity contribution in [2.45, 2.75) is 24.8 Å². The number of hydrogen-bond donors (Lipinski definition) is 2. The molecule has 3 aromatic rings. The molecule has 2 heterocycles. The Bertz CT molecular complexity index is 1130. The van der Waals surface area contributed by atoms with Gasteiger partial charge in [-0.1, -0.05) is 60.1 Å². The SMILES string of the molecule is O=C(O)[C@H](c1ccccc1Cl)N1CCc2sccc2C1.O=S(=O)(O)Cc1ccccc1. The summed E-state index contributed by atoms with van der Waals surface area (Å²) in [6.07, 6.45) is 0.904. The lowest BCUT2D eigenvalue weighted by Crippen LogP contribution is -2.37. The summed E-state index contributed by atoms with van der Waals surface area (Å²) in [5.74, 6) is -1.16. The monoisotopic (exact) mass is 479 g/mol. The van der Waals surface area contributed by atoms with E-state index >= 15 is 0 Å². The number of halogens is 1.